The minimum absolute atomic E-state index is 0.281. The molecule has 0 unspecified atom stereocenters. The van der Waals surface area contributed by atoms with Crippen molar-refractivity contribution in [3.8, 4) is 5.75 Å². The van der Waals surface area contributed by atoms with Crippen molar-refractivity contribution >= 4 is 23.4 Å². The Kier molecular flexibility index (Phi) is 6.44. The number of hydrogen-bond acceptors (Lipinski definition) is 4. The van der Waals surface area contributed by atoms with Crippen LogP contribution in [0.5, 0.6) is 5.75 Å². The molecule has 0 heterocycles. The number of amides is 3. The van der Waals surface area contributed by atoms with Crippen molar-refractivity contribution in [2.24, 2.45) is 0 Å². The van der Waals surface area contributed by atoms with Gasteiger partial charge in [0.2, 0.25) is 0 Å². The normalized spacial score (nSPS) is 10.1. The highest BCUT2D eigenvalue weighted by molar-refractivity contribution is 6.05. The van der Waals surface area contributed by atoms with E-state index in [0.29, 0.717) is 22.6 Å². The van der Waals surface area contributed by atoms with Gasteiger partial charge in [-0.3, -0.25) is 25.2 Å². The minimum Gasteiger partial charge on any atom is -0.497 e. The van der Waals surface area contributed by atoms with Crippen molar-refractivity contribution in [3.05, 3.63) is 95.1 Å². The van der Waals surface area contributed by atoms with E-state index in [2.05, 4.69) is 16.2 Å². The summed E-state index contributed by atoms with van der Waals surface area (Å²) in [5, 5.41) is 2.74. The van der Waals surface area contributed by atoms with E-state index in [1.807, 2.05) is 13.0 Å². The first-order valence-corrected chi connectivity index (χ1v) is 9.19. The van der Waals surface area contributed by atoms with Crippen molar-refractivity contribution in [1.29, 1.82) is 0 Å². The molecule has 0 aliphatic heterocycles. The molecule has 3 rings (SSSR count). The molecule has 152 valence electrons. The highest BCUT2D eigenvalue weighted by Gasteiger charge is 2.12. The molecule has 0 atom stereocenters. The third-order valence-electron chi connectivity index (χ3n) is 4.28. The van der Waals surface area contributed by atoms with Gasteiger partial charge in [0, 0.05) is 22.4 Å². The van der Waals surface area contributed by atoms with Crippen LogP contribution in [0.1, 0.15) is 36.6 Å². The first-order chi connectivity index (χ1) is 14.5. The summed E-state index contributed by atoms with van der Waals surface area (Å²) in [7, 11) is 1.52. The van der Waals surface area contributed by atoms with E-state index >= 15 is 0 Å². The minimum atomic E-state index is -0.506. The standard InChI is InChI=1S/C23H21N3O4/c1-15-6-3-7-16(12-15)22(28)25-26-23(29)17-8-4-10-19(13-17)24-21(27)18-9-5-11-20(14-18)30-2/h3-14H,1-2H3,(H,24,27)(H,25,28)(H,26,29). The smallest absolute Gasteiger partial charge is 0.269 e. The molecule has 0 aliphatic rings. The monoisotopic (exact) mass is 403 g/mol. The number of benzene rings is 3. The number of hydrazine groups is 1. The van der Waals surface area contributed by atoms with Crippen molar-refractivity contribution in [1.82, 2.24) is 10.9 Å². The Bertz CT molecular complexity index is 1100. The zero-order valence-corrected chi connectivity index (χ0v) is 16.6. The Labute approximate surface area is 174 Å². The fraction of sp³-hybridized carbons (Fsp3) is 0.0870. The predicted octanol–water partition coefficient (Wildman–Crippen LogP) is 3.33. The Morgan fingerprint density at radius 1 is 0.700 bits per heavy atom. The van der Waals surface area contributed by atoms with Crippen LogP contribution in [0.3, 0.4) is 0 Å². The summed E-state index contributed by atoms with van der Waals surface area (Å²) >= 11 is 0. The van der Waals surface area contributed by atoms with E-state index in [-0.39, 0.29) is 11.5 Å². The molecule has 3 aromatic carbocycles. The van der Waals surface area contributed by atoms with Crippen LogP contribution in [-0.4, -0.2) is 24.8 Å². The van der Waals surface area contributed by atoms with Crippen LogP contribution in [0.4, 0.5) is 5.69 Å². The van der Waals surface area contributed by atoms with E-state index < -0.39 is 11.8 Å². The van der Waals surface area contributed by atoms with Gasteiger partial charge in [0.25, 0.3) is 17.7 Å². The molecule has 7 nitrogen and oxygen atoms in total. The molecule has 0 radical (unpaired) electrons. The Morgan fingerprint density at radius 2 is 1.27 bits per heavy atom. The van der Waals surface area contributed by atoms with E-state index in [1.54, 1.807) is 60.7 Å². The second kappa shape index (κ2) is 9.38. The van der Waals surface area contributed by atoms with Crippen molar-refractivity contribution in [2.45, 2.75) is 6.92 Å². The maximum absolute atomic E-state index is 12.4. The number of carbonyl (C=O) groups excluding carboxylic acids is 3. The fourth-order valence-corrected chi connectivity index (χ4v) is 2.75. The van der Waals surface area contributed by atoms with Gasteiger partial charge in [0.15, 0.2) is 0 Å². The maximum atomic E-state index is 12.4. The summed E-state index contributed by atoms with van der Waals surface area (Å²) in [5.74, 6) is -0.692. The third kappa shape index (κ3) is 5.23. The largest absolute Gasteiger partial charge is 0.497 e. The SMILES string of the molecule is COc1cccc(C(=O)Nc2cccc(C(=O)NNC(=O)c3cccc(C)c3)c2)c1. The number of hydrogen-bond donors (Lipinski definition) is 3. The van der Waals surface area contributed by atoms with E-state index in [0.717, 1.165) is 5.56 Å². The van der Waals surface area contributed by atoms with Crippen LogP contribution in [0.15, 0.2) is 72.8 Å². The van der Waals surface area contributed by atoms with Crippen molar-refractivity contribution < 1.29 is 19.1 Å². The van der Waals surface area contributed by atoms with Gasteiger partial charge in [-0.05, 0) is 55.5 Å². The number of carbonyl (C=O) groups is 3. The number of rotatable bonds is 5. The first kappa shape index (κ1) is 20.6. The molecule has 0 saturated heterocycles. The van der Waals surface area contributed by atoms with Gasteiger partial charge in [0.1, 0.15) is 5.75 Å². The van der Waals surface area contributed by atoms with Crippen molar-refractivity contribution in [2.75, 3.05) is 12.4 Å². The van der Waals surface area contributed by atoms with Crippen LogP contribution in [-0.2, 0) is 0 Å². The molecular weight excluding hydrogens is 382 g/mol. The average molecular weight is 403 g/mol. The van der Waals surface area contributed by atoms with Gasteiger partial charge >= 0.3 is 0 Å². The van der Waals surface area contributed by atoms with Crippen LogP contribution in [0.25, 0.3) is 0 Å². The number of methoxy groups -OCH3 is 1. The predicted molar refractivity (Wildman–Crippen MR) is 114 cm³/mol. The lowest BCUT2D eigenvalue weighted by Gasteiger charge is -2.10. The highest BCUT2D eigenvalue weighted by atomic mass is 16.5. The quantitative estimate of drug-likeness (QED) is 0.570. The molecule has 3 aromatic rings. The summed E-state index contributed by atoms with van der Waals surface area (Å²) in [6.45, 7) is 1.88. The van der Waals surface area contributed by atoms with E-state index in [1.165, 1.54) is 13.2 Å². The Balaban J connectivity index is 1.63. The molecule has 0 fully saturated rings. The topological polar surface area (TPSA) is 96.5 Å². The zero-order valence-electron chi connectivity index (χ0n) is 16.6. The zero-order chi connectivity index (χ0) is 21.5. The molecule has 30 heavy (non-hydrogen) atoms. The third-order valence-corrected chi connectivity index (χ3v) is 4.28. The number of nitrogens with one attached hydrogen (secondary N) is 3. The molecule has 0 aliphatic carbocycles. The van der Waals surface area contributed by atoms with Crippen molar-refractivity contribution in [3.63, 3.8) is 0 Å². The van der Waals surface area contributed by atoms with Gasteiger partial charge in [0.05, 0.1) is 7.11 Å². The second-order valence-electron chi connectivity index (χ2n) is 6.54. The summed E-state index contributed by atoms with van der Waals surface area (Å²) in [6.07, 6.45) is 0. The lowest BCUT2D eigenvalue weighted by atomic mass is 10.1. The number of anilines is 1. The van der Waals surface area contributed by atoms with Crippen LogP contribution < -0.4 is 20.9 Å². The molecule has 3 amide bonds. The highest BCUT2D eigenvalue weighted by Crippen LogP contribution is 2.16. The van der Waals surface area contributed by atoms with Gasteiger partial charge in [-0.25, -0.2) is 0 Å². The van der Waals surface area contributed by atoms with Crippen LogP contribution in [0.2, 0.25) is 0 Å². The number of aryl methyl sites for hydroxylation is 1. The van der Waals surface area contributed by atoms with Gasteiger partial charge in [-0.15, -0.1) is 0 Å². The van der Waals surface area contributed by atoms with Gasteiger partial charge in [-0.2, -0.15) is 0 Å². The van der Waals surface area contributed by atoms with Crippen LogP contribution >= 0.6 is 0 Å². The molecule has 0 spiro atoms. The molecular formula is C23H21N3O4. The Morgan fingerprint density at radius 3 is 1.90 bits per heavy atom. The summed E-state index contributed by atoms with van der Waals surface area (Å²) in [6, 6.07) is 20.2. The number of ether oxygens (including phenoxy) is 1. The average Bonchev–Trinajstić information content (AvgIpc) is 2.77. The molecule has 7 heteroatoms. The molecule has 0 aromatic heterocycles. The molecule has 3 N–H and O–H groups in total. The Hall–Kier alpha value is -4.13. The first-order valence-electron chi connectivity index (χ1n) is 9.19. The van der Waals surface area contributed by atoms with Crippen LogP contribution in [0, 0.1) is 6.92 Å². The second-order valence-corrected chi connectivity index (χ2v) is 6.54. The summed E-state index contributed by atoms with van der Waals surface area (Å²) in [4.78, 5) is 37.0. The van der Waals surface area contributed by atoms with E-state index in [9.17, 15) is 14.4 Å². The lowest BCUT2D eigenvalue weighted by molar-refractivity contribution is 0.0846. The summed E-state index contributed by atoms with van der Waals surface area (Å²) < 4.78 is 5.12. The fourth-order valence-electron chi connectivity index (χ4n) is 2.75. The van der Waals surface area contributed by atoms with E-state index in [4.69, 9.17) is 4.74 Å². The molecule has 0 saturated carbocycles. The molecule has 0 bridgehead atoms. The van der Waals surface area contributed by atoms with Gasteiger partial charge in [-0.1, -0.05) is 29.8 Å². The summed E-state index contributed by atoms with van der Waals surface area (Å²) in [5.41, 5.74) is 7.29. The maximum Gasteiger partial charge on any atom is 0.269 e. The van der Waals surface area contributed by atoms with Gasteiger partial charge < -0.3 is 10.1 Å². The lowest BCUT2D eigenvalue weighted by Crippen LogP contribution is -2.41.